The van der Waals surface area contributed by atoms with Crippen LogP contribution in [0.2, 0.25) is 0 Å². The predicted molar refractivity (Wildman–Crippen MR) is 116 cm³/mol. The zero-order valence-corrected chi connectivity index (χ0v) is 15.5. The van der Waals surface area contributed by atoms with Crippen molar-refractivity contribution in [2.45, 2.75) is 0 Å². The topological polar surface area (TPSA) is 38.3 Å². The highest BCUT2D eigenvalue weighted by molar-refractivity contribution is 6.27. The van der Waals surface area contributed by atoms with Gasteiger partial charge in [-0.15, -0.1) is 0 Å². The van der Waals surface area contributed by atoms with Gasteiger partial charge in [-0.3, -0.25) is 4.84 Å². The SMILES string of the molecule is ClNc1ccc(-c2ccc3oc4ccccc4c3c2)c2c1oc1ccccc12. The van der Waals surface area contributed by atoms with Crippen molar-refractivity contribution < 1.29 is 8.83 Å². The van der Waals surface area contributed by atoms with E-state index in [2.05, 4.69) is 35.2 Å². The minimum atomic E-state index is 0.755. The van der Waals surface area contributed by atoms with E-state index in [1.165, 1.54) is 0 Å². The number of anilines is 1. The van der Waals surface area contributed by atoms with E-state index in [4.69, 9.17) is 20.6 Å². The maximum absolute atomic E-state index is 6.11. The minimum absolute atomic E-state index is 0.755. The lowest BCUT2D eigenvalue weighted by Gasteiger charge is -2.07. The van der Waals surface area contributed by atoms with Gasteiger partial charge in [0.25, 0.3) is 0 Å². The first-order valence-corrected chi connectivity index (χ1v) is 9.44. The molecule has 2 heterocycles. The molecule has 4 heteroatoms. The number of rotatable bonds is 2. The number of nitrogens with one attached hydrogen (secondary N) is 1. The van der Waals surface area contributed by atoms with E-state index in [9.17, 15) is 0 Å². The van der Waals surface area contributed by atoms with Crippen LogP contribution in [-0.2, 0) is 0 Å². The molecule has 0 bridgehead atoms. The van der Waals surface area contributed by atoms with Crippen molar-refractivity contribution in [3.8, 4) is 11.1 Å². The molecule has 2 aromatic heterocycles. The van der Waals surface area contributed by atoms with Crippen molar-refractivity contribution in [1.29, 1.82) is 0 Å². The molecule has 0 aliphatic heterocycles. The van der Waals surface area contributed by atoms with Gasteiger partial charge >= 0.3 is 0 Å². The standard InChI is InChI=1S/C24H14ClNO2/c25-26-19-11-10-15(23-17-6-2-4-8-21(17)28-24(19)23)14-9-12-22-18(13-14)16-5-1-3-7-20(16)27-22/h1-13,26H. The van der Waals surface area contributed by atoms with Crippen molar-refractivity contribution in [3.63, 3.8) is 0 Å². The first-order chi connectivity index (χ1) is 13.8. The minimum Gasteiger partial charge on any atom is -0.456 e. The van der Waals surface area contributed by atoms with Gasteiger partial charge in [0.2, 0.25) is 0 Å². The molecule has 0 aliphatic carbocycles. The zero-order chi connectivity index (χ0) is 18.7. The quantitative estimate of drug-likeness (QED) is 0.311. The molecule has 0 radical (unpaired) electrons. The summed E-state index contributed by atoms with van der Waals surface area (Å²) in [4.78, 5) is 2.72. The van der Waals surface area contributed by atoms with Gasteiger partial charge < -0.3 is 8.83 Å². The molecule has 134 valence electrons. The van der Waals surface area contributed by atoms with E-state index in [1.54, 1.807) is 0 Å². The summed E-state index contributed by atoms with van der Waals surface area (Å²) in [5.74, 6) is 0. The van der Waals surface area contributed by atoms with Crippen LogP contribution >= 0.6 is 11.8 Å². The maximum atomic E-state index is 6.11. The van der Waals surface area contributed by atoms with E-state index >= 15 is 0 Å². The molecular weight excluding hydrogens is 370 g/mol. The lowest BCUT2D eigenvalue weighted by molar-refractivity contribution is 0.669. The molecule has 1 N–H and O–H groups in total. The van der Waals surface area contributed by atoms with E-state index in [0.717, 1.165) is 60.7 Å². The summed E-state index contributed by atoms with van der Waals surface area (Å²) in [5, 5.41) is 4.34. The van der Waals surface area contributed by atoms with Gasteiger partial charge in [0, 0.05) is 33.3 Å². The summed E-state index contributed by atoms with van der Waals surface area (Å²) < 4.78 is 12.1. The lowest BCUT2D eigenvalue weighted by Crippen LogP contribution is -1.85. The highest BCUT2D eigenvalue weighted by Crippen LogP contribution is 2.41. The van der Waals surface area contributed by atoms with Crippen LogP contribution in [0.3, 0.4) is 0 Å². The Hall–Kier alpha value is -3.43. The molecule has 0 fully saturated rings. The number of fused-ring (bicyclic) bond motifs is 6. The van der Waals surface area contributed by atoms with Crippen LogP contribution < -0.4 is 4.84 Å². The molecule has 0 saturated carbocycles. The third-order valence-electron chi connectivity index (χ3n) is 5.32. The number of hydrogen-bond acceptors (Lipinski definition) is 3. The molecule has 6 aromatic rings. The van der Waals surface area contributed by atoms with Gasteiger partial charge in [-0.25, -0.2) is 0 Å². The van der Waals surface area contributed by atoms with E-state index < -0.39 is 0 Å². The van der Waals surface area contributed by atoms with Crippen LogP contribution in [0.25, 0.3) is 55.0 Å². The lowest BCUT2D eigenvalue weighted by atomic mass is 9.97. The Kier molecular flexibility index (Phi) is 3.22. The fourth-order valence-corrected chi connectivity index (χ4v) is 4.19. The summed E-state index contributed by atoms with van der Waals surface area (Å²) in [5.41, 5.74) is 6.34. The Bertz CT molecular complexity index is 1510. The van der Waals surface area contributed by atoms with Crippen LogP contribution in [0.15, 0.2) is 87.7 Å². The molecule has 0 spiro atoms. The summed E-state index contributed by atoms with van der Waals surface area (Å²) in [6.07, 6.45) is 0. The Labute approximate surface area is 165 Å². The fourth-order valence-electron chi connectivity index (χ4n) is 4.04. The molecule has 6 rings (SSSR count). The molecular formula is C24H14ClNO2. The van der Waals surface area contributed by atoms with Gasteiger partial charge in [-0.1, -0.05) is 48.5 Å². The first-order valence-electron chi connectivity index (χ1n) is 9.06. The van der Waals surface area contributed by atoms with Gasteiger partial charge in [0.15, 0.2) is 5.58 Å². The molecule has 28 heavy (non-hydrogen) atoms. The number of hydrogen-bond donors (Lipinski definition) is 1. The highest BCUT2D eigenvalue weighted by Gasteiger charge is 2.16. The second-order valence-corrected chi connectivity index (χ2v) is 7.06. The largest absolute Gasteiger partial charge is 0.456 e. The second-order valence-electron chi connectivity index (χ2n) is 6.87. The van der Waals surface area contributed by atoms with Crippen molar-refractivity contribution in [3.05, 3.63) is 78.9 Å². The van der Waals surface area contributed by atoms with E-state index in [1.807, 2.05) is 48.5 Å². The van der Waals surface area contributed by atoms with Crippen LogP contribution in [0.5, 0.6) is 0 Å². The number of benzene rings is 4. The van der Waals surface area contributed by atoms with Crippen LogP contribution in [0.4, 0.5) is 5.69 Å². The van der Waals surface area contributed by atoms with Crippen molar-refractivity contribution in [2.75, 3.05) is 4.84 Å². The average molecular weight is 384 g/mol. The monoisotopic (exact) mass is 383 g/mol. The molecule has 0 atom stereocenters. The average Bonchev–Trinajstić information content (AvgIpc) is 3.31. The molecule has 4 aromatic carbocycles. The number of halogens is 1. The van der Waals surface area contributed by atoms with Crippen LogP contribution in [0, 0.1) is 0 Å². The second kappa shape index (κ2) is 5.78. The predicted octanol–water partition coefficient (Wildman–Crippen LogP) is 7.72. The van der Waals surface area contributed by atoms with Crippen LogP contribution in [0.1, 0.15) is 0 Å². The van der Waals surface area contributed by atoms with Gasteiger partial charge in [0.1, 0.15) is 16.7 Å². The van der Waals surface area contributed by atoms with Gasteiger partial charge in [-0.05, 0) is 41.5 Å². The summed E-state index contributed by atoms with van der Waals surface area (Å²) in [6, 6.07) is 26.5. The van der Waals surface area contributed by atoms with E-state index in [-0.39, 0.29) is 0 Å². The molecule has 0 amide bonds. The summed E-state index contributed by atoms with van der Waals surface area (Å²) in [7, 11) is 0. The normalized spacial score (nSPS) is 11.8. The Balaban J connectivity index is 1.71. The Morgan fingerprint density at radius 2 is 1.36 bits per heavy atom. The maximum Gasteiger partial charge on any atom is 0.160 e. The number of para-hydroxylation sites is 2. The Morgan fingerprint density at radius 3 is 2.18 bits per heavy atom. The van der Waals surface area contributed by atoms with Crippen molar-refractivity contribution in [1.82, 2.24) is 0 Å². The van der Waals surface area contributed by atoms with Crippen molar-refractivity contribution >= 4 is 61.3 Å². The van der Waals surface area contributed by atoms with Gasteiger partial charge in [0.05, 0.1) is 5.69 Å². The summed E-state index contributed by atoms with van der Waals surface area (Å²) in [6.45, 7) is 0. The van der Waals surface area contributed by atoms with Gasteiger partial charge in [-0.2, -0.15) is 0 Å². The third-order valence-corrected chi connectivity index (χ3v) is 5.52. The van der Waals surface area contributed by atoms with Crippen molar-refractivity contribution in [2.24, 2.45) is 0 Å². The molecule has 0 aliphatic rings. The zero-order valence-electron chi connectivity index (χ0n) is 14.7. The summed E-state index contributed by atoms with van der Waals surface area (Å²) >= 11 is 5.94. The molecule has 0 saturated heterocycles. The van der Waals surface area contributed by atoms with E-state index in [0.29, 0.717) is 0 Å². The Morgan fingerprint density at radius 1 is 0.643 bits per heavy atom. The number of furan rings is 2. The smallest absolute Gasteiger partial charge is 0.160 e. The molecule has 3 nitrogen and oxygen atoms in total. The molecule has 0 unspecified atom stereocenters. The highest BCUT2D eigenvalue weighted by atomic mass is 35.5. The van der Waals surface area contributed by atoms with Crippen LogP contribution in [-0.4, -0.2) is 0 Å². The third kappa shape index (κ3) is 2.11. The first kappa shape index (κ1) is 15.6. The fraction of sp³-hybridized carbons (Fsp3) is 0.